The van der Waals surface area contributed by atoms with Crippen molar-refractivity contribution >= 4 is 34.8 Å². The van der Waals surface area contributed by atoms with E-state index < -0.39 is 0 Å². The molecule has 2 aromatic carbocycles. The van der Waals surface area contributed by atoms with Crippen molar-refractivity contribution in [2.75, 3.05) is 16.8 Å². The first-order chi connectivity index (χ1) is 11.8. The third kappa shape index (κ3) is 3.69. The van der Waals surface area contributed by atoms with Gasteiger partial charge < -0.3 is 10.2 Å². The molecule has 0 spiro atoms. The molecule has 1 aliphatic heterocycles. The number of hydrogen-bond acceptors (Lipinski definition) is 2. The topological polar surface area (TPSA) is 49.4 Å². The van der Waals surface area contributed by atoms with Crippen LogP contribution in [0, 0.1) is 26.7 Å². The van der Waals surface area contributed by atoms with Crippen LogP contribution in [0.25, 0.3) is 0 Å². The predicted octanol–water partition coefficient (Wildman–Crippen LogP) is 4.26. The number of rotatable bonds is 3. The molecule has 1 saturated heterocycles. The summed E-state index contributed by atoms with van der Waals surface area (Å²) in [4.78, 5) is 26.6. The first-order valence-electron chi connectivity index (χ1n) is 8.30. The van der Waals surface area contributed by atoms with Gasteiger partial charge in [0.2, 0.25) is 11.8 Å². The minimum Gasteiger partial charge on any atom is -0.326 e. The van der Waals surface area contributed by atoms with Gasteiger partial charge in [0.25, 0.3) is 0 Å². The highest BCUT2D eigenvalue weighted by molar-refractivity contribution is 6.31. The van der Waals surface area contributed by atoms with Gasteiger partial charge >= 0.3 is 0 Å². The molecule has 1 aliphatic rings. The monoisotopic (exact) mass is 356 g/mol. The van der Waals surface area contributed by atoms with Gasteiger partial charge in [-0.3, -0.25) is 9.59 Å². The maximum atomic E-state index is 12.6. The molecular weight excluding hydrogens is 336 g/mol. The van der Waals surface area contributed by atoms with Crippen molar-refractivity contribution in [3.63, 3.8) is 0 Å². The van der Waals surface area contributed by atoms with E-state index in [-0.39, 0.29) is 24.2 Å². The highest BCUT2D eigenvalue weighted by Crippen LogP contribution is 2.29. The fourth-order valence-electron chi connectivity index (χ4n) is 3.07. The molecule has 1 atom stereocenters. The second kappa shape index (κ2) is 6.89. The van der Waals surface area contributed by atoms with Gasteiger partial charge in [-0.25, -0.2) is 0 Å². The van der Waals surface area contributed by atoms with Crippen LogP contribution in [-0.4, -0.2) is 18.4 Å². The first-order valence-corrected chi connectivity index (χ1v) is 8.67. The lowest BCUT2D eigenvalue weighted by atomic mass is 10.1. The molecule has 1 fully saturated rings. The zero-order valence-corrected chi connectivity index (χ0v) is 15.4. The molecule has 5 heteroatoms. The van der Waals surface area contributed by atoms with E-state index in [0.717, 1.165) is 28.1 Å². The van der Waals surface area contributed by atoms with E-state index in [1.54, 1.807) is 11.0 Å². The van der Waals surface area contributed by atoms with Crippen molar-refractivity contribution in [1.29, 1.82) is 0 Å². The summed E-state index contributed by atoms with van der Waals surface area (Å²) >= 11 is 6.16. The molecule has 0 radical (unpaired) electrons. The Bertz CT molecular complexity index is 848. The molecule has 2 aromatic rings. The summed E-state index contributed by atoms with van der Waals surface area (Å²) in [6.07, 6.45) is 0.211. The number of nitrogens with zero attached hydrogens (tertiary/aromatic N) is 1. The summed E-state index contributed by atoms with van der Waals surface area (Å²) in [5.41, 5.74) is 4.65. The number of carbonyl (C=O) groups is 2. The zero-order valence-electron chi connectivity index (χ0n) is 14.6. The minimum absolute atomic E-state index is 0.0549. The fourth-order valence-corrected chi connectivity index (χ4v) is 3.25. The Kier molecular flexibility index (Phi) is 4.82. The van der Waals surface area contributed by atoms with Crippen molar-refractivity contribution < 1.29 is 9.59 Å². The Morgan fingerprint density at radius 1 is 1.12 bits per heavy atom. The molecule has 0 aliphatic carbocycles. The molecule has 2 amide bonds. The van der Waals surface area contributed by atoms with E-state index in [9.17, 15) is 9.59 Å². The van der Waals surface area contributed by atoms with E-state index in [4.69, 9.17) is 11.6 Å². The van der Waals surface area contributed by atoms with Crippen LogP contribution >= 0.6 is 11.6 Å². The summed E-state index contributed by atoms with van der Waals surface area (Å²) in [6.45, 7) is 6.26. The van der Waals surface area contributed by atoms with Crippen LogP contribution in [0.15, 0.2) is 36.4 Å². The molecule has 4 nitrogen and oxygen atoms in total. The second-order valence-corrected chi connectivity index (χ2v) is 7.05. The van der Waals surface area contributed by atoms with Crippen LogP contribution in [0.1, 0.15) is 23.1 Å². The Labute approximate surface area is 152 Å². The lowest BCUT2D eigenvalue weighted by Gasteiger charge is -2.18. The summed E-state index contributed by atoms with van der Waals surface area (Å²) in [7, 11) is 0. The minimum atomic E-state index is -0.367. The normalized spacial score (nSPS) is 17.0. The van der Waals surface area contributed by atoms with Gasteiger partial charge in [-0.05, 0) is 50.1 Å². The Hall–Kier alpha value is -2.33. The first kappa shape index (κ1) is 17.5. The number of hydrogen-bond donors (Lipinski definition) is 1. The van der Waals surface area contributed by atoms with E-state index >= 15 is 0 Å². The van der Waals surface area contributed by atoms with E-state index in [1.807, 2.05) is 51.1 Å². The Balaban J connectivity index is 1.73. The average molecular weight is 357 g/mol. The Morgan fingerprint density at radius 2 is 1.88 bits per heavy atom. The maximum Gasteiger partial charge on any atom is 0.229 e. The third-order valence-corrected chi connectivity index (χ3v) is 5.01. The van der Waals surface area contributed by atoms with Crippen LogP contribution in [0.2, 0.25) is 5.02 Å². The average Bonchev–Trinajstić information content (AvgIpc) is 2.95. The largest absolute Gasteiger partial charge is 0.326 e. The van der Waals surface area contributed by atoms with Crippen molar-refractivity contribution in [2.45, 2.75) is 27.2 Å². The van der Waals surface area contributed by atoms with Crippen molar-refractivity contribution in [1.82, 2.24) is 0 Å². The summed E-state index contributed by atoms with van der Waals surface area (Å²) in [5.74, 6) is -0.546. The van der Waals surface area contributed by atoms with Crippen molar-refractivity contribution in [3.05, 3.63) is 58.1 Å². The third-order valence-electron chi connectivity index (χ3n) is 4.60. The standard InChI is InChI=1S/C20H21ClN2O2/c1-12-4-7-18(14(3)8-12)22-20(25)15-9-19(24)23(11-15)16-6-5-13(2)17(21)10-16/h4-8,10,15H,9,11H2,1-3H3,(H,22,25)/t15-/m0/s1. The number of aryl methyl sites for hydroxylation is 3. The molecule has 3 rings (SSSR count). The highest BCUT2D eigenvalue weighted by atomic mass is 35.5. The number of halogens is 1. The highest BCUT2D eigenvalue weighted by Gasteiger charge is 2.35. The van der Waals surface area contributed by atoms with Crippen LogP contribution in [0.4, 0.5) is 11.4 Å². The van der Waals surface area contributed by atoms with Gasteiger partial charge in [-0.15, -0.1) is 0 Å². The molecule has 1 heterocycles. The van der Waals surface area contributed by atoms with Gasteiger partial charge in [-0.1, -0.05) is 35.4 Å². The zero-order chi connectivity index (χ0) is 18.1. The van der Waals surface area contributed by atoms with Gasteiger partial charge in [0, 0.05) is 29.4 Å². The molecule has 25 heavy (non-hydrogen) atoms. The van der Waals surface area contributed by atoms with E-state index in [1.165, 1.54) is 0 Å². The molecule has 0 aromatic heterocycles. The summed E-state index contributed by atoms with van der Waals surface area (Å²) in [6, 6.07) is 11.4. The Morgan fingerprint density at radius 3 is 2.56 bits per heavy atom. The SMILES string of the molecule is Cc1ccc(NC(=O)[C@H]2CC(=O)N(c3ccc(C)c(Cl)c3)C2)c(C)c1. The second-order valence-electron chi connectivity index (χ2n) is 6.65. The summed E-state index contributed by atoms with van der Waals surface area (Å²) in [5, 5.41) is 3.57. The maximum absolute atomic E-state index is 12.6. The number of anilines is 2. The number of nitrogens with one attached hydrogen (secondary N) is 1. The van der Waals surface area contributed by atoms with E-state index in [0.29, 0.717) is 11.6 Å². The molecular formula is C20H21ClN2O2. The molecule has 0 saturated carbocycles. The number of benzene rings is 2. The molecule has 130 valence electrons. The summed E-state index contributed by atoms with van der Waals surface area (Å²) < 4.78 is 0. The van der Waals surface area contributed by atoms with Gasteiger partial charge in [0.1, 0.15) is 0 Å². The molecule has 0 unspecified atom stereocenters. The quantitative estimate of drug-likeness (QED) is 0.893. The smallest absolute Gasteiger partial charge is 0.229 e. The predicted molar refractivity (Wildman–Crippen MR) is 101 cm³/mol. The molecule has 0 bridgehead atoms. The van der Waals surface area contributed by atoms with E-state index in [2.05, 4.69) is 5.32 Å². The van der Waals surface area contributed by atoms with Crippen LogP contribution in [-0.2, 0) is 9.59 Å². The molecule has 1 N–H and O–H groups in total. The van der Waals surface area contributed by atoms with Gasteiger partial charge in [-0.2, -0.15) is 0 Å². The number of carbonyl (C=O) groups excluding carboxylic acids is 2. The lowest BCUT2D eigenvalue weighted by molar-refractivity contribution is -0.122. The lowest BCUT2D eigenvalue weighted by Crippen LogP contribution is -2.28. The number of amides is 2. The van der Waals surface area contributed by atoms with Gasteiger partial charge in [0.15, 0.2) is 0 Å². The fraction of sp³-hybridized carbons (Fsp3) is 0.300. The van der Waals surface area contributed by atoms with Gasteiger partial charge in [0.05, 0.1) is 5.92 Å². The van der Waals surface area contributed by atoms with Crippen molar-refractivity contribution in [3.8, 4) is 0 Å². The van der Waals surface area contributed by atoms with Crippen molar-refractivity contribution in [2.24, 2.45) is 5.92 Å². The van der Waals surface area contributed by atoms with Crippen LogP contribution in [0.5, 0.6) is 0 Å². The van der Waals surface area contributed by atoms with Crippen LogP contribution < -0.4 is 10.2 Å². The van der Waals surface area contributed by atoms with Crippen LogP contribution in [0.3, 0.4) is 0 Å².